The van der Waals surface area contributed by atoms with Crippen LogP contribution in [0.15, 0.2) is 41.3 Å². The van der Waals surface area contributed by atoms with Crippen LogP contribution in [0.5, 0.6) is 0 Å². The van der Waals surface area contributed by atoms with Gasteiger partial charge < -0.3 is 14.8 Å². The first kappa shape index (κ1) is 18.9. The Morgan fingerprint density at radius 1 is 1.24 bits per heavy atom. The molecule has 1 aromatic carbocycles. The topological polar surface area (TPSA) is 54.3 Å². The Labute approximate surface area is 146 Å². The smallest absolute Gasteiger partial charge is 0.375 e. The molecule has 0 spiro atoms. The molecule has 1 heterocycles. The SMILES string of the molecule is CN(C)c1c(Cl)cccc1NC(=O)Cn1cccc(C(F)(F)F)c1=O. The number of rotatable bonds is 4. The highest BCUT2D eigenvalue weighted by molar-refractivity contribution is 6.34. The van der Waals surface area contributed by atoms with Crippen molar-refractivity contribution < 1.29 is 18.0 Å². The lowest BCUT2D eigenvalue weighted by molar-refractivity contribution is -0.139. The Morgan fingerprint density at radius 2 is 1.92 bits per heavy atom. The fraction of sp³-hybridized carbons (Fsp3) is 0.250. The van der Waals surface area contributed by atoms with Crippen molar-refractivity contribution in [3.05, 3.63) is 57.5 Å². The molecule has 1 N–H and O–H groups in total. The summed E-state index contributed by atoms with van der Waals surface area (Å²) < 4.78 is 39.0. The minimum absolute atomic E-state index is 0.391. The molecule has 0 saturated heterocycles. The Balaban J connectivity index is 2.26. The standard InChI is InChI=1S/C16H15ClF3N3O2/c1-22(2)14-11(17)6-3-7-12(14)21-13(24)9-23-8-4-5-10(15(23)25)16(18,19)20/h3-8H,9H2,1-2H3,(H,21,24). The number of hydrogen-bond donors (Lipinski definition) is 1. The maximum atomic E-state index is 12.8. The molecule has 0 aliphatic carbocycles. The zero-order chi connectivity index (χ0) is 18.8. The van der Waals surface area contributed by atoms with Gasteiger partial charge in [0.25, 0.3) is 5.56 Å². The van der Waals surface area contributed by atoms with E-state index in [1.54, 1.807) is 37.2 Å². The monoisotopic (exact) mass is 373 g/mol. The van der Waals surface area contributed by atoms with Gasteiger partial charge in [-0.3, -0.25) is 9.59 Å². The van der Waals surface area contributed by atoms with Gasteiger partial charge in [-0.25, -0.2) is 0 Å². The molecular weight excluding hydrogens is 359 g/mol. The summed E-state index contributed by atoms with van der Waals surface area (Å²) in [5, 5.41) is 2.96. The zero-order valence-corrected chi connectivity index (χ0v) is 14.1. The third kappa shape index (κ3) is 4.33. The summed E-state index contributed by atoms with van der Waals surface area (Å²) in [4.78, 5) is 25.7. The van der Waals surface area contributed by atoms with Crippen LogP contribution in [-0.2, 0) is 17.5 Å². The van der Waals surface area contributed by atoms with E-state index < -0.39 is 29.8 Å². The molecule has 2 aromatic rings. The first-order valence-electron chi connectivity index (χ1n) is 7.13. The van der Waals surface area contributed by atoms with E-state index in [0.717, 1.165) is 12.3 Å². The molecule has 0 unspecified atom stereocenters. The first-order chi connectivity index (χ1) is 11.6. The average molecular weight is 374 g/mol. The van der Waals surface area contributed by atoms with Gasteiger partial charge in [0.1, 0.15) is 12.1 Å². The molecule has 2 rings (SSSR count). The molecule has 0 bridgehead atoms. The second kappa shape index (κ2) is 7.18. The Kier molecular flexibility index (Phi) is 5.42. The van der Waals surface area contributed by atoms with Crippen LogP contribution in [-0.4, -0.2) is 24.6 Å². The van der Waals surface area contributed by atoms with Crippen LogP contribution in [0.25, 0.3) is 0 Å². The van der Waals surface area contributed by atoms with Gasteiger partial charge in [-0.05, 0) is 24.3 Å². The van der Waals surface area contributed by atoms with Crippen molar-refractivity contribution >= 4 is 28.9 Å². The Morgan fingerprint density at radius 3 is 2.52 bits per heavy atom. The van der Waals surface area contributed by atoms with Crippen molar-refractivity contribution in [2.75, 3.05) is 24.3 Å². The van der Waals surface area contributed by atoms with E-state index in [2.05, 4.69) is 5.32 Å². The minimum Gasteiger partial charge on any atom is -0.375 e. The maximum Gasteiger partial charge on any atom is 0.421 e. The molecule has 9 heteroatoms. The van der Waals surface area contributed by atoms with E-state index in [0.29, 0.717) is 27.0 Å². The van der Waals surface area contributed by atoms with E-state index in [1.165, 1.54) is 0 Å². The number of nitrogens with one attached hydrogen (secondary N) is 1. The summed E-state index contributed by atoms with van der Waals surface area (Å²) in [6, 6.07) is 6.62. The molecule has 0 aliphatic heterocycles. The van der Waals surface area contributed by atoms with Crippen molar-refractivity contribution in [2.24, 2.45) is 0 Å². The fourth-order valence-corrected chi connectivity index (χ4v) is 2.64. The normalized spacial score (nSPS) is 11.3. The van der Waals surface area contributed by atoms with Gasteiger partial charge in [0.2, 0.25) is 5.91 Å². The number of anilines is 2. The summed E-state index contributed by atoms with van der Waals surface area (Å²) >= 11 is 6.09. The van der Waals surface area contributed by atoms with Gasteiger partial charge in [-0.2, -0.15) is 13.2 Å². The molecule has 0 aliphatic rings. The Bertz CT molecular complexity index is 847. The third-order valence-corrected chi connectivity index (χ3v) is 3.65. The van der Waals surface area contributed by atoms with Gasteiger partial charge in [0.15, 0.2) is 0 Å². The minimum atomic E-state index is -4.78. The number of benzene rings is 1. The number of para-hydroxylation sites is 1. The molecule has 0 radical (unpaired) electrons. The quantitative estimate of drug-likeness (QED) is 0.895. The van der Waals surface area contributed by atoms with Crippen molar-refractivity contribution in [1.29, 1.82) is 0 Å². The van der Waals surface area contributed by atoms with E-state index in [4.69, 9.17) is 11.6 Å². The highest BCUT2D eigenvalue weighted by atomic mass is 35.5. The van der Waals surface area contributed by atoms with Gasteiger partial charge in [0.05, 0.1) is 16.4 Å². The summed E-state index contributed by atoms with van der Waals surface area (Å²) in [6.07, 6.45) is -3.65. The average Bonchev–Trinajstić information content (AvgIpc) is 2.47. The summed E-state index contributed by atoms with van der Waals surface area (Å²) in [7, 11) is 3.46. The summed E-state index contributed by atoms with van der Waals surface area (Å²) in [5.41, 5.74) is -1.65. The van der Waals surface area contributed by atoms with E-state index in [1.807, 2.05) is 0 Å². The number of halogens is 4. The first-order valence-corrected chi connectivity index (χ1v) is 7.51. The third-order valence-electron chi connectivity index (χ3n) is 3.35. The number of aromatic nitrogens is 1. The molecular formula is C16H15ClF3N3O2. The van der Waals surface area contributed by atoms with Gasteiger partial charge in [-0.15, -0.1) is 0 Å². The van der Waals surface area contributed by atoms with Crippen LogP contribution in [0.4, 0.5) is 24.5 Å². The molecule has 0 saturated carbocycles. The van der Waals surface area contributed by atoms with Crippen molar-refractivity contribution in [1.82, 2.24) is 4.57 Å². The number of alkyl halides is 3. The number of carbonyl (C=O) groups excluding carboxylic acids is 1. The molecule has 25 heavy (non-hydrogen) atoms. The van der Waals surface area contributed by atoms with Crippen LogP contribution in [0.2, 0.25) is 5.02 Å². The van der Waals surface area contributed by atoms with E-state index in [-0.39, 0.29) is 0 Å². The predicted molar refractivity (Wildman–Crippen MR) is 90.1 cm³/mol. The highest BCUT2D eigenvalue weighted by Crippen LogP contribution is 2.32. The molecule has 5 nitrogen and oxygen atoms in total. The second-order valence-electron chi connectivity index (χ2n) is 5.43. The lowest BCUT2D eigenvalue weighted by atomic mass is 10.2. The number of amides is 1. The van der Waals surface area contributed by atoms with Crippen molar-refractivity contribution in [3.8, 4) is 0 Å². The molecule has 0 fully saturated rings. The number of carbonyl (C=O) groups is 1. The fourth-order valence-electron chi connectivity index (χ4n) is 2.29. The van der Waals surface area contributed by atoms with Crippen LogP contribution in [0.1, 0.15) is 5.56 Å². The van der Waals surface area contributed by atoms with Crippen LogP contribution >= 0.6 is 11.6 Å². The predicted octanol–water partition coefficient (Wildman–Crippen LogP) is 3.23. The lowest BCUT2D eigenvalue weighted by Gasteiger charge is -2.19. The Hall–Kier alpha value is -2.48. The number of pyridine rings is 1. The number of nitrogens with zero attached hydrogens (tertiary/aromatic N) is 2. The largest absolute Gasteiger partial charge is 0.421 e. The molecule has 134 valence electrons. The zero-order valence-electron chi connectivity index (χ0n) is 13.4. The maximum absolute atomic E-state index is 12.8. The highest BCUT2D eigenvalue weighted by Gasteiger charge is 2.34. The molecule has 1 amide bonds. The van der Waals surface area contributed by atoms with Crippen LogP contribution in [0.3, 0.4) is 0 Å². The second-order valence-corrected chi connectivity index (χ2v) is 5.84. The van der Waals surface area contributed by atoms with Crippen molar-refractivity contribution in [2.45, 2.75) is 12.7 Å². The van der Waals surface area contributed by atoms with Crippen molar-refractivity contribution in [3.63, 3.8) is 0 Å². The van der Waals surface area contributed by atoms with Crippen LogP contribution in [0, 0.1) is 0 Å². The number of hydrogen-bond acceptors (Lipinski definition) is 3. The summed E-state index contributed by atoms with van der Waals surface area (Å²) in [6.45, 7) is -0.553. The van der Waals surface area contributed by atoms with Crippen LogP contribution < -0.4 is 15.8 Å². The van der Waals surface area contributed by atoms with Gasteiger partial charge in [0, 0.05) is 20.3 Å². The lowest BCUT2D eigenvalue weighted by Crippen LogP contribution is -2.32. The summed E-state index contributed by atoms with van der Waals surface area (Å²) in [5.74, 6) is -0.646. The van der Waals surface area contributed by atoms with E-state index in [9.17, 15) is 22.8 Å². The van der Waals surface area contributed by atoms with Gasteiger partial charge >= 0.3 is 6.18 Å². The molecule has 1 aromatic heterocycles. The van der Waals surface area contributed by atoms with Gasteiger partial charge in [-0.1, -0.05) is 17.7 Å². The van der Waals surface area contributed by atoms with E-state index >= 15 is 0 Å². The molecule has 0 atom stereocenters.